The number of thiocarbonyl (C=S) groups is 1. The molecule has 2 N–H and O–H groups in total. The van der Waals surface area contributed by atoms with Crippen LogP contribution in [0.2, 0.25) is 0 Å². The maximum atomic E-state index is 12.3. The number of aromatic nitrogens is 3. The lowest BCUT2D eigenvalue weighted by atomic mass is 10.2. The molecule has 2 aromatic rings. The van der Waals surface area contributed by atoms with Gasteiger partial charge < -0.3 is 10.6 Å². The van der Waals surface area contributed by atoms with E-state index in [9.17, 15) is 4.79 Å². The first-order chi connectivity index (χ1) is 8.63. The van der Waals surface area contributed by atoms with Gasteiger partial charge in [0.05, 0.1) is 35.0 Å². The highest BCUT2D eigenvalue weighted by Crippen LogP contribution is 2.11. The zero-order chi connectivity index (χ0) is 13.1. The Labute approximate surface area is 109 Å². The number of hydrogen-bond donors (Lipinski definition) is 1. The van der Waals surface area contributed by atoms with E-state index >= 15 is 0 Å². The predicted molar refractivity (Wildman–Crippen MR) is 71.3 cm³/mol. The van der Waals surface area contributed by atoms with Crippen molar-refractivity contribution in [3.8, 4) is 0 Å². The van der Waals surface area contributed by atoms with Crippen molar-refractivity contribution in [2.24, 2.45) is 5.73 Å². The molecule has 0 atom stereocenters. The molecule has 0 aliphatic rings. The fraction of sp³-hybridized carbons (Fsp3) is 0.273. The Hall–Kier alpha value is -2.02. The Balaban J connectivity index is 2.35. The first-order valence-electron chi connectivity index (χ1n) is 5.48. The van der Waals surface area contributed by atoms with Gasteiger partial charge in [0.1, 0.15) is 0 Å². The van der Waals surface area contributed by atoms with Crippen LogP contribution in [0.15, 0.2) is 24.8 Å². The molecular weight excluding hydrogens is 250 g/mol. The second-order valence-electron chi connectivity index (χ2n) is 3.75. The van der Waals surface area contributed by atoms with Crippen LogP contribution in [0.4, 0.5) is 0 Å². The molecule has 0 spiro atoms. The molecule has 0 aliphatic carbocycles. The summed E-state index contributed by atoms with van der Waals surface area (Å²) < 4.78 is 1.61. The first kappa shape index (κ1) is 12.4. The molecule has 1 amide bonds. The van der Waals surface area contributed by atoms with Crippen molar-refractivity contribution < 1.29 is 4.79 Å². The lowest BCUT2D eigenvalue weighted by Crippen LogP contribution is -2.37. The zero-order valence-corrected chi connectivity index (χ0v) is 10.7. The Morgan fingerprint density at radius 2 is 2.33 bits per heavy atom. The minimum absolute atomic E-state index is 0.145. The van der Waals surface area contributed by atoms with Crippen LogP contribution in [0.1, 0.15) is 17.3 Å². The highest BCUT2D eigenvalue weighted by molar-refractivity contribution is 7.80. The minimum Gasteiger partial charge on any atom is -0.392 e. The SMILES string of the molecule is CCN(CC(N)=S)C(=O)c1cnn2ccncc12. The van der Waals surface area contributed by atoms with Crippen molar-refractivity contribution in [1.82, 2.24) is 19.5 Å². The average molecular weight is 263 g/mol. The van der Waals surface area contributed by atoms with E-state index in [0.717, 1.165) is 0 Å². The van der Waals surface area contributed by atoms with Gasteiger partial charge in [0.15, 0.2) is 0 Å². The molecule has 94 valence electrons. The number of carbonyl (C=O) groups is 1. The molecule has 0 aromatic carbocycles. The Kier molecular flexibility index (Phi) is 3.52. The van der Waals surface area contributed by atoms with Crippen molar-refractivity contribution >= 4 is 28.6 Å². The lowest BCUT2D eigenvalue weighted by Gasteiger charge is -2.19. The largest absolute Gasteiger partial charge is 0.392 e. The van der Waals surface area contributed by atoms with E-state index in [1.165, 1.54) is 6.20 Å². The number of amides is 1. The predicted octanol–water partition coefficient (Wildman–Crippen LogP) is 0.477. The third-order valence-electron chi connectivity index (χ3n) is 2.57. The van der Waals surface area contributed by atoms with Crippen LogP contribution < -0.4 is 5.73 Å². The van der Waals surface area contributed by atoms with Crippen molar-refractivity contribution in [3.63, 3.8) is 0 Å². The number of rotatable bonds is 4. The third kappa shape index (κ3) is 2.30. The van der Waals surface area contributed by atoms with Crippen LogP contribution in [0.3, 0.4) is 0 Å². The van der Waals surface area contributed by atoms with Crippen molar-refractivity contribution in [2.75, 3.05) is 13.1 Å². The highest BCUT2D eigenvalue weighted by Gasteiger charge is 2.19. The molecule has 0 saturated heterocycles. The molecule has 18 heavy (non-hydrogen) atoms. The Morgan fingerprint density at radius 3 is 3.00 bits per heavy atom. The monoisotopic (exact) mass is 263 g/mol. The van der Waals surface area contributed by atoms with E-state index in [1.54, 1.807) is 28.0 Å². The van der Waals surface area contributed by atoms with E-state index < -0.39 is 0 Å². The summed E-state index contributed by atoms with van der Waals surface area (Å²) in [5.74, 6) is -0.145. The average Bonchev–Trinajstić information content (AvgIpc) is 2.78. The fourth-order valence-electron chi connectivity index (χ4n) is 1.68. The quantitative estimate of drug-likeness (QED) is 0.812. The normalized spacial score (nSPS) is 10.5. The van der Waals surface area contributed by atoms with Crippen molar-refractivity contribution in [3.05, 3.63) is 30.4 Å². The van der Waals surface area contributed by atoms with Gasteiger partial charge in [0, 0.05) is 18.9 Å². The van der Waals surface area contributed by atoms with Crippen LogP contribution in [0.25, 0.3) is 5.52 Å². The van der Waals surface area contributed by atoms with E-state index in [1.807, 2.05) is 6.92 Å². The number of nitrogens with two attached hydrogens (primary N) is 1. The summed E-state index contributed by atoms with van der Waals surface area (Å²) in [6.45, 7) is 2.68. The summed E-state index contributed by atoms with van der Waals surface area (Å²) in [4.78, 5) is 18.2. The molecule has 2 aromatic heterocycles. The van der Waals surface area contributed by atoms with Gasteiger partial charge >= 0.3 is 0 Å². The van der Waals surface area contributed by atoms with Crippen LogP contribution in [-0.4, -0.2) is 43.5 Å². The number of likely N-dealkylation sites (N-methyl/N-ethyl adjacent to an activating group) is 1. The van der Waals surface area contributed by atoms with Gasteiger partial charge in [-0.3, -0.25) is 9.78 Å². The summed E-state index contributed by atoms with van der Waals surface area (Å²) in [5, 5.41) is 4.10. The number of carbonyl (C=O) groups excluding carboxylic acids is 1. The van der Waals surface area contributed by atoms with Crippen LogP contribution in [0.5, 0.6) is 0 Å². The second-order valence-corrected chi connectivity index (χ2v) is 4.27. The van der Waals surface area contributed by atoms with Gasteiger partial charge in [0.2, 0.25) is 0 Å². The fourth-order valence-corrected chi connectivity index (χ4v) is 1.84. The maximum absolute atomic E-state index is 12.3. The Morgan fingerprint density at radius 1 is 1.56 bits per heavy atom. The molecule has 6 nitrogen and oxygen atoms in total. The standard InChI is InChI=1S/C11H13N5OS/c1-2-15(7-10(12)18)11(17)8-5-14-16-4-3-13-6-9(8)16/h3-6H,2,7H2,1H3,(H2,12,18). The highest BCUT2D eigenvalue weighted by atomic mass is 32.1. The van der Waals surface area contributed by atoms with Crippen LogP contribution in [0, 0.1) is 0 Å². The molecule has 0 saturated carbocycles. The van der Waals surface area contributed by atoms with Gasteiger partial charge in [0.25, 0.3) is 5.91 Å². The van der Waals surface area contributed by atoms with Gasteiger partial charge in [-0.1, -0.05) is 12.2 Å². The number of fused-ring (bicyclic) bond motifs is 1. The molecular formula is C11H13N5OS. The summed E-state index contributed by atoms with van der Waals surface area (Å²) in [5.41, 5.74) is 6.65. The maximum Gasteiger partial charge on any atom is 0.258 e. The van der Waals surface area contributed by atoms with Gasteiger partial charge in [-0.15, -0.1) is 0 Å². The van der Waals surface area contributed by atoms with Gasteiger partial charge in [-0.2, -0.15) is 5.10 Å². The zero-order valence-electron chi connectivity index (χ0n) is 9.91. The summed E-state index contributed by atoms with van der Waals surface area (Å²) in [6, 6.07) is 0. The van der Waals surface area contributed by atoms with E-state index in [0.29, 0.717) is 22.6 Å². The Bertz CT molecular complexity index is 594. The molecule has 0 fully saturated rings. The van der Waals surface area contributed by atoms with Gasteiger partial charge in [-0.05, 0) is 6.92 Å². The number of nitrogens with zero attached hydrogens (tertiary/aromatic N) is 4. The molecule has 0 bridgehead atoms. The van der Waals surface area contributed by atoms with E-state index in [2.05, 4.69) is 10.1 Å². The lowest BCUT2D eigenvalue weighted by molar-refractivity contribution is 0.0789. The minimum atomic E-state index is -0.145. The molecule has 0 radical (unpaired) electrons. The van der Waals surface area contributed by atoms with Crippen LogP contribution >= 0.6 is 12.2 Å². The topological polar surface area (TPSA) is 76.5 Å². The second kappa shape index (κ2) is 5.09. The number of hydrogen-bond acceptors (Lipinski definition) is 4. The molecule has 0 unspecified atom stereocenters. The van der Waals surface area contributed by atoms with Crippen molar-refractivity contribution in [2.45, 2.75) is 6.92 Å². The van der Waals surface area contributed by atoms with Gasteiger partial charge in [-0.25, -0.2) is 4.52 Å². The molecule has 0 aliphatic heterocycles. The summed E-state index contributed by atoms with van der Waals surface area (Å²) >= 11 is 4.83. The van der Waals surface area contributed by atoms with E-state index in [4.69, 9.17) is 18.0 Å². The summed E-state index contributed by atoms with van der Waals surface area (Å²) in [7, 11) is 0. The molecule has 7 heteroatoms. The van der Waals surface area contributed by atoms with Crippen molar-refractivity contribution in [1.29, 1.82) is 0 Å². The third-order valence-corrected chi connectivity index (χ3v) is 2.70. The smallest absolute Gasteiger partial charge is 0.258 e. The van der Waals surface area contributed by atoms with Crippen LogP contribution in [-0.2, 0) is 0 Å². The first-order valence-corrected chi connectivity index (χ1v) is 5.89. The molecule has 2 rings (SSSR count). The summed E-state index contributed by atoms with van der Waals surface area (Å²) in [6.07, 6.45) is 6.44. The molecule has 2 heterocycles. The van der Waals surface area contributed by atoms with E-state index in [-0.39, 0.29) is 12.5 Å².